The molecule has 1 N–H and O–H groups in total. The number of hydrogen-bond acceptors (Lipinski definition) is 9. The molecule has 4 rings (SSSR count). The van der Waals surface area contributed by atoms with Crippen molar-refractivity contribution in [3.8, 4) is 11.1 Å². The molecule has 9 nitrogen and oxygen atoms in total. The Morgan fingerprint density at radius 2 is 1.88 bits per heavy atom. The quantitative estimate of drug-likeness (QED) is 0.122. The van der Waals surface area contributed by atoms with Crippen LogP contribution in [0.2, 0.25) is 5.02 Å². The second-order valence-corrected chi connectivity index (χ2v) is 12.5. The Hall–Kier alpha value is -3.45. The SMILES string of the molecule is C=CCn1c(CS(=O)(=O)c2ccccc2)nnc1SCC(=O)Nc1scc(-c2ccc(Cl)cc2)c1C(=O)OCC. The van der Waals surface area contributed by atoms with Gasteiger partial charge >= 0.3 is 5.97 Å². The van der Waals surface area contributed by atoms with E-state index in [-0.39, 0.29) is 46.8 Å². The summed E-state index contributed by atoms with van der Waals surface area (Å²) in [4.78, 5) is 25.9. The number of halogens is 1. The molecule has 1 amide bonds. The number of nitrogens with one attached hydrogen (secondary N) is 1. The predicted octanol–water partition coefficient (Wildman–Crippen LogP) is 5.73. The second-order valence-electron chi connectivity index (χ2n) is 8.29. The highest BCUT2D eigenvalue weighted by molar-refractivity contribution is 7.99. The fourth-order valence-electron chi connectivity index (χ4n) is 3.72. The number of anilines is 1. The number of carbonyl (C=O) groups is 2. The van der Waals surface area contributed by atoms with Crippen molar-refractivity contribution >= 4 is 61.4 Å². The first-order valence-corrected chi connectivity index (χ1v) is 15.9. The van der Waals surface area contributed by atoms with Crippen LogP contribution in [0.3, 0.4) is 0 Å². The Morgan fingerprint density at radius 3 is 2.55 bits per heavy atom. The Kier molecular flexibility index (Phi) is 9.80. The maximum absolute atomic E-state index is 12.9. The summed E-state index contributed by atoms with van der Waals surface area (Å²) < 4.78 is 32.6. The first-order valence-electron chi connectivity index (χ1n) is 12.0. The van der Waals surface area contributed by atoms with Crippen LogP contribution in [0, 0.1) is 0 Å². The van der Waals surface area contributed by atoms with Crippen LogP contribution in [0.4, 0.5) is 5.00 Å². The lowest BCUT2D eigenvalue weighted by molar-refractivity contribution is -0.113. The molecule has 0 fully saturated rings. The zero-order valence-corrected chi connectivity index (χ0v) is 24.6. The average molecular weight is 617 g/mol. The third-order valence-electron chi connectivity index (χ3n) is 5.54. The third kappa shape index (κ3) is 7.00. The molecule has 4 aromatic rings. The molecule has 2 heterocycles. The van der Waals surface area contributed by atoms with Crippen molar-refractivity contribution in [2.24, 2.45) is 0 Å². The van der Waals surface area contributed by atoms with E-state index in [4.69, 9.17) is 16.3 Å². The van der Waals surface area contributed by atoms with Crippen molar-refractivity contribution in [2.45, 2.75) is 29.3 Å². The van der Waals surface area contributed by atoms with Gasteiger partial charge in [-0.3, -0.25) is 4.79 Å². The van der Waals surface area contributed by atoms with Gasteiger partial charge in [0.15, 0.2) is 15.0 Å². The Morgan fingerprint density at radius 1 is 1.15 bits per heavy atom. The van der Waals surface area contributed by atoms with E-state index in [1.807, 2.05) is 0 Å². The van der Waals surface area contributed by atoms with Crippen molar-refractivity contribution < 1.29 is 22.7 Å². The summed E-state index contributed by atoms with van der Waals surface area (Å²) in [5.74, 6) is -1.10. The lowest BCUT2D eigenvalue weighted by Crippen LogP contribution is -2.17. The maximum Gasteiger partial charge on any atom is 0.341 e. The number of nitrogens with zero attached hydrogens (tertiary/aromatic N) is 3. The molecule has 0 spiro atoms. The number of hydrogen-bond donors (Lipinski definition) is 1. The second kappa shape index (κ2) is 13.3. The minimum absolute atomic E-state index is 0.0584. The van der Waals surface area contributed by atoms with Crippen LogP contribution in [-0.4, -0.2) is 47.4 Å². The molecule has 0 bridgehead atoms. The van der Waals surface area contributed by atoms with Gasteiger partial charge in [-0.1, -0.05) is 59.8 Å². The molecule has 208 valence electrons. The van der Waals surface area contributed by atoms with E-state index in [0.29, 0.717) is 20.7 Å². The number of thiophene rings is 1. The summed E-state index contributed by atoms with van der Waals surface area (Å²) >= 11 is 8.31. The fourth-order valence-corrected chi connectivity index (χ4v) is 6.87. The maximum atomic E-state index is 12.9. The number of benzene rings is 2. The number of carbonyl (C=O) groups excluding carboxylic acids is 2. The molecular weight excluding hydrogens is 592 g/mol. The molecule has 0 atom stereocenters. The molecule has 0 aliphatic rings. The van der Waals surface area contributed by atoms with Gasteiger partial charge in [-0.2, -0.15) is 0 Å². The average Bonchev–Trinajstić information content (AvgIpc) is 3.52. The number of sulfone groups is 1. The summed E-state index contributed by atoms with van der Waals surface area (Å²) in [6.45, 7) is 5.88. The molecular formula is C27H25ClN4O5S3. The third-order valence-corrected chi connectivity index (χ3v) is 9.28. The summed E-state index contributed by atoms with van der Waals surface area (Å²) in [5.41, 5.74) is 1.64. The van der Waals surface area contributed by atoms with Gasteiger partial charge < -0.3 is 14.6 Å². The van der Waals surface area contributed by atoms with E-state index in [9.17, 15) is 18.0 Å². The van der Waals surface area contributed by atoms with E-state index in [1.54, 1.807) is 65.4 Å². The molecule has 0 unspecified atom stereocenters. The monoisotopic (exact) mass is 616 g/mol. The van der Waals surface area contributed by atoms with Gasteiger partial charge in [0.2, 0.25) is 5.91 Å². The van der Waals surface area contributed by atoms with Crippen molar-refractivity contribution in [2.75, 3.05) is 17.7 Å². The number of aromatic nitrogens is 3. The number of amides is 1. The summed E-state index contributed by atoms with van der Waals surface area (Å²) in [6, 6.07) is 15.1. The van der Waals surface area contributed by atoms with Gasteiger partial charge in [-0.05, 0) is 36.8 Å². The Balaban J connectivity index is 1.50. The minimum Gasteiger partial charge on any atom is -0.462 e. The van der Waals surface area contributed by atoms with E-state index in [2.05, 4.69) is 22.1 Å². The van der Waals surface area contributed by atoms with Crippen molar-refractivity contribution in [3.63, 3.8) is 0 Å². The van der Waals surface area contributed by atoms with Gasteiger partial charge in [0.25, 0.3) is 0 Å². The van der Waals surface area contributed by atoms with E-state index < -0.39 is 15.8 Å². The first kappa shape index (κ1) is 29.5. The number of allylic oxidation sites excluding steroid dienone is 1. The van der Waals surface area contributed by atoms with Crippen LogP contribution in [0.5, 0.6) is 0 Å². The predicted molar refractivity (Wildman–Crippen MR) is 158 cm³/mol. The fraction of sp³-hybridized carbons (Fsp3) is 0.185. The van der Waals surface area contributed by atoms with Gasteiger partial charge in [-0.15, -0.1) is 28.1 Å². The first-order chi connectivity index (χ1) is 19.2. The van der Waals surface area contributed by atoms with Crippen LogP contribution >= 0.6 is 34.7 Å². The standard InChI is InChI=1S/C27H25ClN4O5S3/c1-3-14-32-22(17-40(35,36)20-8-6-5-7-9-20)30-31-27(32)39-16-23(33)29-25-24(26(34)37-4-2)21(15-38-25)18-10-12-19(28)13-11-18/h3,5-13,15H,1,4,14,16-17H2,2H3,(H,29,33). The van der Waals surface area contributed by atoms with Crippen molar-refractivity contribution in [3.05, 3.63) is 89.0 Å². The Bertz CT molecular complexity index is 1620. The Labute approximate surface area is 245 Å². The molecule has 0 aliphatic heterocycles. The molecule has 40 heavy (non-hydrogen) atoms. The normalized spacial score (nSPS) is 11.2. The highest BCUT2D eigenvalue weighted by Gasteiger charge is 2.24. The number of rotatable bonds is 12. The lowest BCUT2D eigenvalue weighted by atomic mass is 10.0. The lowest BCUT2D eigenvalue weighted by Gasteiger charge is -2.10. The number of thioether (sulfide) groups is 1. The molecule has 13 heteroatoms. The van der Waals surface area contributed by atoms with E-state index in [1.165, 1.54) is 23.5 Å². The van der Waals surface area contributed by atoms with Gasteiger partial charge in [-0.25, -0.2) is 13.2 Å². The van der Waals surface area contributed by atoms with Crippen LogP contribution in [-0.2, 0) is 31.7 Å². The van der Waals surface area contributed by atoms with Gasteiger partial charge in [0.1, 0.15) is 22.1 Å². The summed E-state index contributed by atoms with van der Waals surface area (Å²) in [7, 11) is -3.65. The summed E-state index contributed by atoms with van der Waals surface area (Å²) in [5, 5.41) is 14.0. The van der Waals surface area contributed by atoms with Gasteiger partial charge in [0, 0.05) is 22.5 Å². The minimum atomic E-state index is -3.65. The topological polar surface area (TPSA) is 120 Å². The number of esters is 1. The number of ether oxygens (including phenoxy) is 1. The molecule has 0 saturated carbocycles. The zero-order valence-electron chi connectivity index (χ0n) is 21.4. The molecule has 0 aliphatic carbocycles. The van der Waals surface area contributed by atoms with Crippen molar-refractivity contribution in [1.29, 1.82) is 0 Å². The summed E-state index contributed by atoms with van der Waals surface area (Å²) in [6.07, 6.45) is 1.60. The smallest absolute Gasteiger partial charge is 0.341 e. The largest absolute Gasteiger partial charge is 0.462 e. The highest BCUT2D eigenvalue weighted by Crippen LogP contribution is 2.37. The zero-order chi connectivity index (χ0) is 28.7. The van der Waals surface area contributed by atoms with Crippen LogP contribution in [0.15, 0.2) is 82.7 Å². The highest BCUT2D eigenvalue weighted by atomic mass is 35.5. The van der Waals surface area contributed by atoms with Crippen molar-refractivity contribution in [1.82, 2.24) is 14.8 Å². The van der Waals surface area contributed by atoms with E-state index >= 15 is 0 Å². The molecule has 0 radical (unpaired) electrons. The van der Waals surface area contributed by atoms with Crippen LogP contribution in [0.25, 0.3) is 11.1 Å². The molecule has 0 saturated heterocycles. The van der Waals surface area contributed by atoms with E-state index in [0.717, 1.165) is 17.3 Å². The van der Waals surface area contributed by atoms with Crippen LogP contribution < -0.4 is 5.32 Å². The molecule has 2 aromatic heterocycles. The van der Waals surface area contributed by atoms with Crippen LogP contribution in [0.1, 0.15) is 23.1 Å². The molecule has 2 aromatic carbocycles. The van der Waals surface area contributed by atoms with Gasteiger partial charge in [0.05, 0.1) is 17.3 Å².